The summed E-state index contributed by atoms with van der Waals surface area (Å²) >= 11 is 0. The molecule has 1 saturated heterocycles. The van der Waals surface area contributed by atoms with Gasteiger partial charge in [0.1, 0.15) is 11.6 Å². The Labute approximate surface area is 221 Å². The topological polar surface area (TPSA) is 83.8 Å². The van der Waals surface area contributed by atoms with E-state index in [4.69, 9.17) is 24.4 Å². The molecule has 1 aliphatic rings. The molecule has 4 rings (SSSR count). The Bertz CT molecular complexity index is 1130. The van der Waals surface area contributed by atoms with Gasteiger partial charge in [0, 0.05) is 37.3 Å². The lowest BCUT2D eigenvalue weighted by Gasteiger charge is -2.31. The summed E-state index contributed by atoms with van der Waals surface area (Å²) < 4.78 is 10.9. The Morgan fingerprint density at radius 2 is 1.84 bits per heavy atom. The van der Waals surface area contributed by atoms with Crippen LogP contribution in [0.4, 0.5) is 11.8 Å². The number of rotatable bonds is 10. The number of ether oxygens (including phenoxy) is 2. The minimum Gasteiger partial charge on any atom is -0.496 e. The van der Waals surface area contributed by atoms with Gasteiger partial charge in [-0.25, -0.2) is 4.98 Å². The molecule has 1 unspecified atom stereocenters. The zero-order valence-corrected chi connectivity index (χ0v) is 23.3. The molecule has 0 spiro atoms. The first-order valence-electron chi connectivity index (χ1n) is 13.6. The molecule has 1 aliphatic heterocycles. The third-order valence-corrected chi connectivity index (χ3v) is 6.79. The van der Waals surface area contributed by atoms with Crippen molar-refractivity contribution in [2.45, 2.75) is 66.0 Å². The second-order valence-corrected chi connectivity index (χ2v) is 9.15. The van der Waals surface area contributed by atoms with Gasteiger partial charge < -0.3 is 24.4 Å². The average Bonchev–Trinajstić information content (AvgIpc) is 2.97. The predicted molar refractivity (Wildman–Crippen MR) is 152 cm³/mol. The van der Waals surface area contributed by atoms with Crippen molar-refractivity contribution in [1.82, 2.24) is 15.0 Å². The lowest BCUT2D eigenvalue weighted by molar-refractivity contribution is 0.122. The van der Waals surface area contributed by atoms with E-state index in [0.29, 0.717) is 36.6 Å². The molecule has 1 fully saturated rings. The molecule has 37 heavy (non-hydrogen) atoms. The second kappa shape index (κ2) is 14.1. The standard InChI is InChI=1S/C27H37N5O3.C2H6/c1-5-6-7-8-19(2)31(3)27-29-25-22(26(30-27)32-13-15-35-16-14-32)10-11-23(28-25)20-9-12-24(34-4)21(17-20)18-33;1-2/h9-12,17,19,33H,5-8,13-16,18H2,1-4H3;1-2H3. The number of hydrogen-bond donors (Lipinski definition) is 1. The van der Waals surface area contributed by atoms with Gasteiger partial charge in [0.25, 0.3) is 0 Å². The van der Waals surface area contributed by atoms with Crippen LogP contribution in [0.25, 0.3) is 22.3 Å². The largest absolute Gasteiger partial charge is 0.496 e. The highest BCUT2D eigenvalue weighted by atomic mass is 16.5. The zero-order chi connectivity index (χ0) is 26.8. The quantitative estimate of drug-likeness (QED) is 0.361. The van der Waals surface area contributed by atoms with Gasteiger partial charge in [0.05, 0.1) is 38.0 Å². The van der Waals surface area contributed by atoms with Crippen molar-refractivity contribution in [2.24, 2.45) is 0 Å². The smallest absolute Gasteiger partial charge is 0.229 e. The molecule has 3 aromatic rings. The Morgan fingerprint density at radius 3 is 2.51 bits per heavy atom. The van der Waals surface area contributed by atoms with Crippen molar-refractivity contribution < 1.29 is 14.6 Å². The molecule has 1 atom stereocenters. The SMILES string of the molecule is CC.CCCCCC(C)N(C)c1nc(N2CCOCC2)c2ccc(-c3ccc(OC)c(CO)c3)nc2n1. The summed E-state index contributed by atoms with van der Waals surface area (Å²) in [6.07, 6.45) is 4.74. The first kappa shape index (κ1) is 28.6. The number of unbranched alkanes of at least 4 members (excludes halogenated alkanes) is 2. The van der Waals surface area contributed by atoms with Crippen LogP contribution in [-0.2, 0) is 11.3 Å². The van der Waals surface area contributed by atoms with E-state index in [1.165, 1.54) is 19.3 Å². The predicted octanol–water partition coefficient (Wildman–Crippen LogP) is 5.46. The molecule has 0 amide bonds. The molecule has 202 valence electrons. The van der Waals surface area contributed by atoms with Crippen LogP contribution in [0, 0.1) is 0 Å². The Hall–Kier alpha value is -2.97. The van der Waals surface area contributed by atoms with E-state index >= 15 is 0 Å². The van der Waals surface area contributed by atoms with Gasteiger partial charge in [-0.2, -0.15) is 9.97 Å². The highest BCUT2D eigenvalue weighted by Crippen LogP contribution is 2.31. The third kappa shape index (κ3) is 6.87. The van der Waals surface area contributed by atoms with E-state index in [9.17, 15) is 5.11 Å². The van der Waals surface area contributed by atoms with Gasteiger partial charge in [0.15, 0.2) is 5.65 Å². The Balaban J connectivity index is 0.00000186. The fourth-order valence-electron chi connectivity index (χ4n) is 4.46. The minimum absolute atomic E-state index is 0.0984. The van der Waals surface area contributed by atoms with Crippen LogP contribution in [0.3, 0.4) is 0 Å². The molecular weight excluding hydrogens is 466 g/mol. The molecule has 1 aromatic carbocycles. The number of methoxy groups -OCH3 is 1. The average molecular weight is 510 g/mol. The Morgan fingerprint density at radius 1 is 1.08 bits per heavy atom. The van der Waals surface area contributed by atoms with Crippen LogP contribution in [0.2, 0.25) is 0 Å². The Kier molecular flexibility index (Phi) is 10.9. The molecule has 0 radical (unpaired) electrons. The van der Waals surface area contributed by atoms with E-state index in [1.807, 2.05) is 38.1 Å². The number of aliphatic hydroxyl groups is 1. The van der Waals surface area contributed by atoms with Gasteiger partial charge >= 0.3 is 0 Å². The maximum atomic E-state index is 9.76. The van der Waals surface area contributed by atoms with E-state index < -0.39 is 0 Å². The van der Waals surface area contributed by atoms with Gasteiger partial charge in [0.2, 0.25) is 5.95 Å². The molecule has 8 heteroatoms. The van der Waals surface area contributed by atoms with Crippen LogP contribution in [0.15, 0.2) is 30.3 Å². The van der Waals surface area contributed by atoms with Gasteiger partial charge in [-0.1, -0.05) is 40.0 Å². The zero-order valence-electron chi connectivity index (χ0n) is 23.3. The number of fused-ring (bicyclic) bond motifs is 1. The number of aromatic nitrogens is 3. The third-order valence-electron chi connectivity index (χ3n) is 6.79. The number of pyridine rings is 1. The van der Waals surface area contributed by atoms with Crippen molar-refractivity contribution in [1.29, 1.82) is 0 Å². The summed E-state index contributed by atoms with van der Waals surface area (Å²) in [7, 11) is 3.68. The maximum absolute atomic E-state index is 9.76. The normalized spacial score (nSPS) is 14.2. The molecule has 0 bridgehead atoms. The lowest BCUT2D eigenvalue weighted by Crippen LogP contribution is -2.37. The number of anilines is 2. The van der Waals surface area contributed by atoms with Crippen molar-refractivity contribution in [3.05, 3.63) is 35.9 Å². The van der Waals surface area contributed by atoms with Crippen molar-refractivity contribution in [3.8, 4) is 17.0 Å². The molecule has 0 aliphatic carbocycles. The van der Waals surface area contributed by atoms with Gasteiger partial charge in [-0.05, 0) is 43.7 Å². The fourth-order valence-corrected chi connectivity index (χ4v) is 4.46. The van der Waals surface area contributed by atoms with E-state index in [0.717, 1.165) is 47.5 Å². The van der Waals surface area contributed by atoms with Crippen LogP contribution < -0.4 is 14.5 Å². The molecule has 1 N–H and O–H groups in total. The second-order valence-electron chi connectivity index (χ2n) is 9.15. The van der Waals surface area contributed by atoms with Crippen molar-refractivity contribution in [3.63, 3.8) is 0 Å². The molecular formula is C29H43N5O3. The summed E-state index contributed by atoms with van der Waals surface area (Å²) in [4.78, 5) is 19.3. The summed E-state index contributed by atoms with van der Waals surface area (Å²) in [6.45, 7) is 11.3. The maximum Gasteiger partial charge on any atom is 0.229 e. The minimum atomic E-state index is -0.0984. The van der Waals surface area contributed by atoms with Gasteiger partial charge in [-0.15, -0.1) is 0 Å². The monoisotopic (exact) mass is 509 g/mol. The van der Waals surface area contributed by atoms with Crippen LogP contribution >= 0.6 is 0 Å². The summed E-state index contributed by atoms with van der Waals surface area (Å²) in [6, 6.07) is 10.1. The number of nitrogens with zero attached hydrogens (tertiary/aromatic N) is 5. The number of morpholine rings is 1. The summed E-state index contributed by atoms with van der Waals surface area (Å²) in [5.41, 5.74) is 3.10. The van der Waals surface area contributed by atoms with Crippen LogP contribution in [0.5, 0.6) is 5.75 Å². The van der Waals surface area contributed by atoms with E-state index in [1.54, 1.807) is 7.11 Å². The van der Waals surface area contributed by atoms with E-state index in [2.05, 4.69) is 36.8 Å². The van der Waals surface area contributed by atoms with E-state index in [-0.39, 0.29) is 6.61 Å². The molecule has 8 nitrogen and oxygen atoms in total. The van der Waals surface area contributed by atoms with Crippen LogP contribution in [0.1, 0.15) is 58.9 Å². The summed E-state index contributed by atoms with van der Waals surface area (Å²) in [5.74, 6) is 2.26. The van der Waals surface area contributed by atoms with Crippen LogP contribution in [-0.4, -0.2) is 66.6 Å². The number of benzene rings is 1. The lowest BCUT2D eigenvalue weighted by atomic mass is 10.1. The number of aliphatic hydroxyl groups excluding tert-OH is 1. The fraction of sp³-hybridized carbons (Fsp3) is 0.552. The molecule has 3 heterocycles. The van der Waals surface area contributed by atoms with Crippen molar-refractivity contribution >= 4 is 22.8 Å². The molecule has 2 aromatic heterocycles. The highest BCUT2D eigenvalue weighted by Gasteiger charge is 2.21. The summed E-state index contributed by atoms with van der Waals surface area (Å²) in [5, 5.41) is 10.7. The van der Waals surface area contributed by atoms with Crippen molar-refractivity contribution in [2.75, 3.05) is 50.3 Å². The first-order valence-corrected chi connectivity index (χ1v) is 13.6. The van der Waals surface area contributed by atoms with Gasteiger partial charge in [-0.3, -0.25) is 0 Å². The highest BCUT2D eigenvalue weighted by molar-refractivity contribution is 5.90. The number of hydrogen-bond acceptors (Lipinski definition) is 8. The molecule has 0 saturated carbocycles. The first-order chi connectivity index (χ1) is 18.0.